The molecule has 2 saturated carbocycles. The Balaban J connectivity index is 2.03. The van der Waals surface area contributed by atoms with Gasteiger partial charge in [0, 0.05) is 16.9 Å². The Kier molecular flexibility index (Phi) is 2.67. The van der Waals surface area contributed by atoms with Crippen molar-refractivity contribution >= 4 is 5.97 Å². The van der Waals surface area contributed by atoms with Gasteiger partial charge in [-0.3, -0.25) is 5.26 Å². The van der Waals surface area contributed by atoms with Crippen LogP contribution in [0.1, 0.15) is 39.0 Å². The van der Waals surface area contributed by atoms with Gasteiger partial charge in [0.1, 0.15) is 11.7 Å². The number of hydrogen-bond donors (Lipinski definition) is 1. The quantitative estimate of drug-likeness (QED) is 0.260. The Morgan fingerprint density at radius 3 is 2.84 bits per heavy atom. The summed E-state index contributed by atoms with van der Waals surface area (Å²) in [5.41, 5.74) is 0.433. The lowest BCUT2D eigenvalue weighted by Gasteiger charge is -2.55. The van der Waals surface area contributed by atoms with Gasteiger partial charge in [0.2, 0.25) is 0 Å². The molecule has 4 atom stereocenters. The third-order valence-electron chi connectivity index (χ3n) is 5.49. The van der Waals surface area contributed by atoms with Gasteiger partial charge in [-0.1, -0.05) is 20.1 Å². The van der Waals surface area contributed by atoms with E-state index in [0.29, 0.717) is 18.4 Å². The minimum atomic E-state index is -0.761. The fourth-order valence-electron chi connectivity index (χ4n) is 4.26. The van der Waals surface area contributed by atoms with Gasteiger partial charge >= 0.3 is 5.97 Å². The third kappa shape index (κ3) is 1.50. The first-order chi connectivity index (χ1) is 8.93. The molecule has 3 aliphatic rings. The van der Waals surface area contributed by atoms with Gasteiger partial charge in [0.25, 0.3) is 0 Å². The molecule has 0 spiro atoms. The maximum atomic E-state index is 11.7. The van der Waals surface area contributed by atoms with Crippen LogP contribution >= 0.6 is 0 Å². The first kappa shape index (κ1) is 12.9. The van der Waals surface area contributed by atoms with Crippen LogP contribution in [0.5, 0.6) is 0 Å². The van der Waals surface area contributed by atoms with E-state index in [-0.39, 0.29) is 23.4 Å². The van der Waals surface area contributed by atoms with Crippen molar-refractivity contribution in [2.24, 2.45) is 11.3 Å². The highest BCUT2D eigenvalue weighted by molar-refractivity contribution is 5.91. The van der Waals surface area contributed by atoms with Crippen molar-refractivity contribution in [1.29, 1.82) is 0 Å². The van der Waals surface area contributed by atoms with Crippen LogP contribution in [-0.4, -0.2) is 22.9 Å². The standard InChI is InChI=1S/C15H20O4/c1-9-5-4-6-14(3)8-12-11(7-15(9,14)19-17)10(2)13(16)18-12/h11-12,17H,1-2,4-8H2,3H3. The minimum Gasteiger partial charge on any atom is -0.458 e. The van der Waals surface area contributed by atoms with Gasteiger partial charge in [-0.2, -0.15) is 0 Å². The molecule has 0 aromatic carbocycles. The molecule has 0 radical (unpaired) electrons. The van der Waals surface area contributed by atoms with Crippen molar-refractivity contribution in [3.05, 3.63) is 24.3 Å². The summed E-state index contributed by atoms with van der Waals surface area (Å²) in [4.78, 5) is 16.7. The zero-order chi connectivity index (χ0) is 13.8. The van der Waals surface area contributed by atoms with E-state index in [0.717, 1.165) is 24.8 Å². The van der Waals surface area contributed by atoms with Crippen molar-refractivity contribution < 1.29 is 19.7 Å². The van der Waals surface area contributed by atoms with E-state index in [1.807, 2.05) is 0 Å². The van der Waals surface area contributed by atoms with Crippen molar-refractivity contribution in [1.82, 2.24) is 0 Å². The SMILES string of the molecule is C=C1C(=O)OC2CC3(C)CCCC(=C)C3(OO)CC12. The number of esters is 1. The fraction of sp³-hybridized carbons (Fsp3) is 0.667. The molecular weight excluding hydrogens is 244 g/mol. The number of hydrogen-bond acceptors (Lipinski definition) is 4. The van der Waals surface area contributed by atoms with Crippen LogP contribution in [0.15, 0.2) is 24.3 Å². The fourth-order valence-corrected chi connectivity index (χ4v) is 4.26. The van der Waals surface area contributed by atoms with Crippen LogP contribution < -0.4 is 0 Å². The zero-order valence-corrected chi connectivity index (χ0v) is 11.3. The molecule has 4 heteroatoms. The summed E-state index contributed by atoms with van der Waals surface area (Å²) in [6.07, 6.45) is 3.94. The van der Waals surface area contributed by atoms with Gasteiger partial charge in [0.15, 0.2) is 0 Å². The Labute approximate surface area is 113 Å². The molecule has 3 rings (SSSR count). The van der Waals surface area contributed by atoms with E-state index in [4.69, 9.17) is 9.62 Å². The monoisotopic (exact) mass is 264 g/mol. The van der Waals surface area contributed by atoms with Gasteiger partial charge < -0.3 is 4.74 Å². The third-order valence-corrected chi connectivity index (χ3v) is 5.49. The number of rotatable bonds is 1. The smallest absolute Gasteiger partial charge is 0.334 e. The van der Waals surface area contributed by atoms with Crippen LogP contribution in [0.4, 0.5) is 0 Å². The number of ether oxygens (including phenoxy) is 1. The minimum absolute atomic E-state index is 0.0671. The summed E-state index contributed by atoms with van der Waals surface area (Å²) in [6, 6.07) is 0. The molecule has 104 valence electrons. The maximum Gasteiger partial charge on any atom is 0.334 e. The first-order valence-electron chi connectivity index (χ1n) is 6.84. The summed E-state index contributed by atoms with van der Waals surface area (Å²) in [6.45, 7) is 10.0. The highest BCUT2D eigenvalue weighted by Crippen LogP contribution is 2.60. The molecule has 3 fully saturated rings. The molecule has 0 bridgehead atoms. The van der Waals surface area contributed by atoms with Crippen molar-refractivity contribution in [3.8, 4) is 0 Å². The summed E-state index contributed by atoms with van der Waals surface area (Å²) >= 11 is 0. The lowest BCUT2D eigenvalue weighted by atomic mass is 9.53. The Hall–Kier alpha value is -1.13. The van der Waals surface area contributed by atoms with E-state index in [2.05, 4.69) is 20.1 Å². The number of carbonyl (C=O) groups is 1. The van der Waals surface area contributed by atoms with Crippen LogP contribution in [-0.2, 0) is 14.4 Å². The second-order valence-corrected chi connectivity index (χ2v) is 6.42. The van der Waals surface area contributed by atoms with E-state index in [1.165, 1.54) is 0 Å². The van der Waals surface area contributed by atoms with Crippen molar-refractivity contribution in [2.75, 3.05) is 0 Å². The highest BCUT2D eigenvalue weighted by Gasteiger charge is 2.62. The van der Waals surface area contributed by atoms with Crippen LogP contribution in [0.3, 0.4) is 0 Å². The van der Waals surface area contributed by atoms with Crippen LogP contribution in [0.25, 0.3) is 0 Å². The molecule has 1 aliphatic heterocycles. The Morgan fingerprint density at radius 1 is 1.42 bits per heavy atom. The van der Waals surface area contributed by atoms with Crippen molar-refractivity contribution in [2.45, 2.75) is 50.7 Å². The van der Waals surface area contributed by atoms with Crippen molar-refractivity contribution in [3.63, 3.8) is 0 Å². The lowest BCUT2D eigenvalue weighted by Crippen LogP contribution is -2.58. The van der Waals surface area contributed by atoms with Crippen LogP contribution in [0.2, 0.25) is 0 Å². The summed E-state index contributed by atoms with van der Waals surface area (Å²) in [5, 5.41) is 9.57. The van der Waals surface area contributed by atoms with E-state index < -0.39 is 5.60 Å². The molecule has 0 amide bonds. The predicted octanol–water partition coefficient (Wildman–Crippen LogP) is 2.85. The molecular formula is C15H20O4. The van der Waals surface area contributed by atoms with E-state index >= 15 is 0 Å². The second kappa shape index (κ2) is 3.93. The molecule has 0 aromatic rings. The van der Waals surface area contributed by atoms with Gasteiger partial charge in [-0.05, 0) is 37.7 Å². The lowest BCUT2D eigenvalue weighted by molar-refractivity contribution is -0.357. The molecule has 1 saturated heterocycles. The summed E-state index contributed by atoms with van der Waals surface area (Å²) < 4.78 is 5.41. The average molecular weight is 264 g/mol. The molecule has 0 aromatic heterocycles. The zero-order valence-electron chi connectivity index (χ0n) is 11.3. The van der Waals surface area contributed by atoms with E-state index in [9.17, 15) is 10.1 Å². The predicted molar refractivity (Wildman–Crippen MR) is 69.3 cm³/mol. The molecule has 1 heterocycles. The van der Waals surface area contributed by atoms with E-state index in [1.54, 1.807) is 0 Å². The van der Waals surface area contributed by atoms with Gasteiger partial charge in [-0.25, -0.2) is 9.68 Å². The summed E-state index contributed by atoms with van der Waals surface area (Å²) in [7, 11) is 0. The summed E-state index contributed by atoms with van der Waals surface area (Å²) in [5.74, 6) is -0.376. The Bertz CT molecular complexity index is 469. The highest BCUT2D eigenvalue weighted by atomic mass is 17.1. The normalized spacial score (nSPS) is 45.7. The first-order valence-corrected chi connectivity index (χ1v) is 6.84. The molecule has 2 aliphatic carbocycles. The number of carbonyl (C=O) groups excluding carboxylic acids is 1. The molecule has 4 unspecified atom stereocenters. The second-order valence-electron chi connectivity index (χ2n) is 6.42. The Morgan fingerprint density at radius 2 is 2.16 bits per heavy atom. The largest absolute Gasteiger partial charge is 0.458 e. The van der Waals surface area contributed by atoms with Gasteiger partial charge in [0.05, 0.1) is 0 Å². The topological polar surface area (TPSA) is 55.8 Å². The van der Waals surface area contributed by atoms with Gasteiger partial charge in [-0.15, -0.1) is 0 Å². The average Bonchev–Trinajstić information content (AvgIpc) is 2.62. The molecule has 19 heavy (non-hydrogen) atoms. The number of fused-ring (bicyclic) bond motifs is 2. The maximum absolute atomic E-state index is 11.7. The van der Waals surface area contributed by atoms with Crippen LogP contribution in [0, 0.1) is 11.3 Å². The molecule has 1 N–H and O–H groups in total. The molecule has 4 nitrogen and oxygen atoms in total.